The van der Waals surface area contributed by atoms with Crippen molar-refractivity contribution in [3.63, 3.8) is 0 Å². The van der Waals surface area contributed by atoms with Crippen molar-refractivity contribution in [2.75, 3.05) is 7.05 Å². The lowest BCUT2D eigenvalue weighted by atomic mass is 10.0. The number of hydrogen-bond acceptors (Lipinski definition) is 5. The van der Waals surface area contributed by atoms with E-state index in [1.165, 1.54) is 7.05 Å². The molecule has 0 spiro atoms. The van der Waals surface area contributed by atoms with E-state index in [-0.39, 0.29) is 12.3 Å². The van der Waals surface area contributed by atoms with Crippen LogP contribution in [0.5, 0.6) is 0 Å². The maximum Gasteiger partial charge on any atom is 0.259 e. The minimum atomic E-state index is -4.21. The highest BCUT2D eigenvalue weighted by atomic mass is 32.2. The number of rotatable bonds is 9. The van der Waals surface area contributed by atoms with Gasteiger partial charge < -0.3 is 11.1 Å². The first-order valence-electron chi connectivity index (χ1n) is 8.35. The van der Waals surface area contributed by atoms with E-state index in [0.29, 0.717) is 16.1 Å². The molecule has 0 radical (unpaired) electrons. The van der Waals surface area contributed by atoms with Crippen LogP contribution >= 0.6 is 0 Å². The van der Waals surface area contributed by atoms with Crippen LogP contribution in [0.3, 0.4) is 0 Å². The van der Waals surface area contributed by atoms with Crippen molar-refractivity contribution in [3.8, 4) is 0 Å². The van der Waals surface area contributed by atoms with E-state index < -0.39 is 33.9 Å². The van der Waals surface area contributed by atoms with Gasteiger partial charge in [0.15, 0.2) is 0 Å². The van der Waals surface area contributed by atoms with Crippen LogP contribution in [0.1, 0.15) is 25.8 Å². The van der Waals surface area contributed by atoms with Gasteiger partial charge in [0, 0.05) is 18.9 Å². The number of hydrogen-bond donors (Lipinski definition) is 2. The molecule has 0 aliphatic rings. The van der Waals surface area contributed by atoms with Gasteiger partial charge in [-0.1, -0.05) is 50.8 Å². The predicted molar refractivity (Wildman–Crippen MR) is 101 cm³/mol. The first kappa shape index (κ1) is 21.9. The molecule has 8 heteroatoms. The van der Waals surface area contributed by atoms with Gasteiger partial charge in [0.05, 0.1) is 6.04 Å². The number of carbonyl (C=O) groups excluding carboxylic acids is 2. The summed E-state index contributed by atoms with van der Waals surface area (Å²) in [7, 11) is -2.82. The summed E-state index contributed by atoms with van der Waals surface area (Å²) in [6.07, 6.45) is 0.335. The molecule has 0 saturated heterocycles. The van der Waals surface area contributed by atoms with E-state index in [9.17, 15) is 18.0 Å². The second kappa shape index (κ2) is 9.49. The Morgan fingerprint density at radius 3 is 2.31 bits per heavy atom. The van der Waals surface area contributed by atoms with Crippen molar-refractivity contribution in [2.45, 2.75) is 38.8 Å². The van der Waals surface area contributed by atoms with Crippen LogP contribution in [-0.2, 0) is 26.0 Å². The van der Waals surface area contributed by atoms with E-state index in [1.807, 2.05) is 13.8 Å². The first-order valence-corrected chi connectivity index (χ1v) is 9.86. The van der Waals surface area contributed by atoms with Crippen molar-refractivity contribution < 1.29 is 18.0 Å². The molecule has 0 aliphatic heterocycles. The van der Waals surface area contributed by atoms with Gasteiger partial charge in [-0.2, -0.15) is 0 Å². The van der Waals surface area contributed by atoms with Gasteiger partial charge in [-0.25, -0.2) is 12.7 Å². The molecule has 26 heavy (non-hydrogen) atoms. The molecule has 0 aliphatic carbocycles. The molecule has 144 valence electrons. The highest BCUT2D eigenvalue weighted by molar-refractivity contribution is 7.92. The second-order valence-electron chi connectivity index (χ2n) is 6.40. The molecular weight excluding hydrogens is 354 g/mol. The summed E-state index contributed by atoms with van der Waals surface area (Å²) in [6, 6.07) is 6.58. The summed E-state index contributed by atoms with van der Waals surface area (Å²) in [6.45, 7) is 7.03. The summed E-state index contributed by atoms with van der Waals surface area (Å²) in [5.41, 5.74) is 6.64. The lowest BCUT2D eigenvalue weighted by molar-refractivity contribution is -0.135. The van der Waals surface area contributed by atoms with E-state index >= 15 is 0 Å². The molecule has 3 N–H and O–H groups in total. The fraction of sp³-hybridized carbons (Fsp3) is 0.444. The molecule has 7 nitrogen and oxygen atoms in total. The van der Waals surface area contributed by atoms with Crippen molar-refractivity contribution in [1.29, 1.82) is 0 Å². The Bertz CT molecular complexity index is 732. The average molecular weight is 381 g/mol. The number of likely N-dealkylation sites (N-methyl/N-ethyl adjacent to an activating group) is 1. The Morgan fingerprint density at radius 1 is 1.27 bits per heavy atom. The molecule has 1 aromatic carbocycles. The van der Waals surface area contributed by atoms with Crippen LogP contribution < -0.4 is 11.1 Å². The van der Waals surface area contributed by atoms with Crippen molar-refractivity contribution >= 4 is 21.8 Å². The smallest absolute Gasteiger partial charge is 0.259 e. The zero-order chi connectivity index (χ0) is 19.9. The molecule has 2 atom stereocenters. The fourth-order valence-electron chi connectivity index (χ4n) is 2.59. The summed E-state index contributed by atoms with van der Waals surface area (Å²) in [5.74, 6) is -1.32. The number of nitrogens with one attached hydrogen (secondary N) is 1. The third-order valence-corrected chi connectivity index (χ3v) is 5.25. The lowest BCUT2D eigenvalue weighted by Crippen LogP contribution is -2.56. The number of carbonyl (C=O) groups is 2. The SMILES string of the molecule is C=CS(=O)(=O)N(C(=O)[C@@H](N)CC(C)C)[C@@H](Cc1ccccc1)C(=O)NC. The van der Waals surface area contributed by atoms with Crippen molar-refractivity contribution in [3.05, 3.63) is 47.9 Å². The van der Waals surface area contributed by atoms with Gasteiger partial charge in [-0.15, -0.1) is 0 Å². The van der Waals surface area contributed by atoms with Gasteiger partial charge in [-0.05, 0) is 17.9 Å². The molecule has 2 amide bonds. The molecule has 0 bridgehead atoms. The van der Waals surface area contributed by atoms with Gasteiger partial charge in [-0.3, -0.25) is 9.59 Å². The van der Waals surface area contributed by atoms with Crippen molar-refractivity contribution in [1.82, 2.24) is 9.62 Å². The summed E-state index contributed by atoms with van der Waals surface area (Å²) in [5, 5.41) is 3.08. The Morgan fingerprint density at radius 2 is 1.85 bits per heavy atom. The summed E-state index contributed by atoms with van der Waals surface area (Å²) >= 11 is 0. The minimum absolute atomic E-state index is 0.0354. The van der Waals surface area contributed by atoms with Gasteiger partial charge in [0.25, 0.3) is 15.9 Å². The highest BCUT2D eigenvalue weighted by Gasteiger charge is 2.39. The third kappa shape index (κ3) is 5.67. The number of nitrogens with zero attached hydrogens (tertiary/aromatic N) is 1. The Kier molecular flexibility index (Phi) is 7.98. The van der Waals surface area contributed by atoms with Gasteiger partial charge in [0.2, 0.25) is 5.91 Å². The highest BCUT2D eigenvalue weighted by Crippen LogP contribution is 2.18. The summed E-state index contributed by atoms with van der Waals surface area (Å²) < 4.78 is 25.6. The minimum Gasteiger partial charge on any atom is -0.357 e. The zero-order valence-corrected chi connectivity index (χ0v) is 16.2. The largest absolute Gasteiger partial charge is 0.357 e. The number of sulfonamides is 1. The maximum absolute atomic E-state index is 12.8. The van der Waals surface area contributed by atoms with Crippen LogP contribution in [0.15, 0.2) is 42.3 Å². The maximum atomic E-state index is 12.8. The molecule has 0 unspecified atom stereocenters. The van der Waals surface area contributed by atoms with Gasteiger partial charge in [0.1, 0.15) is 6.04 Å². The van der Waals surface area contributed by atoms with E-state index in [1.54, 1.807) is 30.3 Å². The number of amides is 2. The number of benzene rings is 1. The molecule has 0 fully saturated rings. The standard InChI is InChI=1S/C18H27N3O4S/c1-5-26(24,25)21(18(23)15(19)11-13(2)3)16(17(22)20-4)12-14-9-7-6-8-10-14/h5-10,13,15-16H,1,11-12,19H2,2-4H3,(H,20,22)/t15-,16-/m0/s1. The van der Waals surface area contributed by atoms with Crippen LogP contribution in [0, 0.1) is 5.92 Å². The third-order valence-electron chi connectivity index (χ3n) is 3.85. The molecule has 0 saturated carbocycles. The molecule has 0 aromatic heterocycles. The normalized spacial score (nSPS) is 13.7. The monoisotopic (exact) mass is 381 g/mol. The second-order valence-corrected chi connectivity index (χ2v) is 8.16. The first-order chi connectivity index (χ1) is 12.1. The average Bonchev–Trinajstić information content (AvgIpc) is 2.60. The molecular formula is C18H27N3O4S. The van der Waals surface area contributed by atoms with E-state index in [0.717, 1.165) is 5.56 Å². The van der Waals surface area contributed by atoms with Crippen LogP contribution in [-0.4, -0.2) is 43.7 Å². The topological polar surface area (TPSA) is 110 Å². The molecule has 0 heterocycles. The number of nitrogens with two attached hydrogens (primary N) is 1. The van der Waals surface area contributed by atoms with Crippen LogP contribution in [0.4, 0.5) is 0 Å². The van der Waals surface area contributed by atoms with Gasteiger partial charge >= 0.3 is 0 Å². The Balaban J connectivity index is 3.35. The van der Waals surface area contributed by atoms with E-state index in [4.69, 9.17) is 5.73 Å². The quantitative estimate of drug-likeness (QED) is 0.664. The lowest BCUT2D eigenvalue weighted by Gasteiger charge is -2.31. The Hall–Kier alpha value is -2.19. The predicted octanol–water partition coefficient (Wildman–Crippen LogP) is 1.02. The van der Waals surface area contributed by atoms with Crippen LogP contribution in [0.25, 0.3) is 0 Å². The van der Waals surface area contributed by atoms with Crippen molar-refractivity contribution in [2.24, 2.45) is 11.7 Å². The Labute approximate surface area is 155 Å². The molecule has 1 aromatic rings. The molecule has 1 rings (SSSR count). The van der Waals surface area contributed by atoms with Crippen LogP contribution in [0.2, 0.25) is 0 Å². The van der Waals surface area contributed by atoms with E-state index in [2.05, 4.69) is 11.9 Å². The fourth-order valence-corrected chi connectivity index (χ4v) is 3.67. The zero-order valence-electron chi connectivity index (χ0n) is 15.4. The summed E-state index contributed by atoms with van der Waals surface area (Å²) in [4.78, 5) is 25.3.